The Morgan fingerprint density at radius 2 is 1.76 bits per heavy atom. The summed E-state index contributed by atoms with van der Waals surface area (Å²) in [5.74, 6) is 1.54. The lowest BCUT2D eigenvalue weighted by molar-refractivity contribution is 0.0807. The van der Waals surface area contributed by atoms with Crippen LogP contribution in [0.3, 0.4) is 0 Å². The quantitative estimate of drug-likeness (QED) is 0.308. The number of fused-ring (bicyclic) bond motifs is 3. The number of rotatable bonds is 8. The number of ketones is 1. The van der Waals surface area contributed by atoms with Crippen molar-refractivity contribution in [2.75, 3.05) is 13.7 Å². The summed E-state index contributed by atoms with van der Waals surface area (Å²) in [5.41, 5.74) is 3.13. The van der Waals surface area contributed by atoms with Crippen molar-refractivity contribution < 1.29 is 9.53 Å². The molecule has 0 saturated carbocycles. The Labute approximate surface area is 211 Å². The third kappa shape index (κ3) is 4.73. The van der Waals surface area contributed by atoms with Gasteiger partial charge in [0.15, 0.2) is 5.78 Å². The fraction of sp³-hybridized carbons (Fsp3) is 0.464. The molecule has 3 heterocycles. The molecule has 2 saturated heterocycles. The maximum atomic E-state index is 12.9. The molecule has 2 fully saturated rings. The minimum Gasteiger partial charge on any atom is -0.495 e. The van der Waals surface area contributed by atoms with Gasteiger partial charge in [-0.25, -0.2) is 0 Å². The number of carbonyl (C=O) groups excluding carboxylic acids is 1. The molecule has 0 N–H and O–H groups in total. The van der Waals surface area contributed by atoms with Gasteiger partial charge < -0.3 is 9.30 Å². The van der Waals surface area contributed by atoms with Crippen LogP contribution in [0.25, 0.3) is 10.9 Å². The highest BCUT2D eigenvalue weighted by molar-refractivity contribution is 6.35. The molecule has 3 aromatic rings. The number of carbonyl (C=O) groups is 1. The standard InChI is InChI=1S/C28H32Cl2N2O2/c1-18-17-31(28-25(18)5-3-6-27(28)34-2)9-4-10-32-23-7-8-24(32)12-19(11-23)13-26(33)20-14-21(29)16-22(30)15-20/h3,5-6,14-17,19,23-24H,4,7-13H2,1-2H3. The molecule has 0 radical (unpaired) electrons. The highest BCUT2D eigenvalue weighted by Gasteiger charge is 2.40. The van der Waals surface area contributed by atoms with Gasteiger partial charge in [-0.3, -0.25) is 9.69 Å². The first-order chi connectivity index (χ1) is 16.4. The van der Waals surface area contributed by atoms with Crippen LogP contribution in [0, 0.1) is 12.8 Å². The largest absolute Gasteiger partial charge is 0.495 e. The van der Waals surface area contributed by atoms with Crippen LogP contribution in [0.2, 0.25) is 10.0 Å². The van der Waals surface area contributed by atoms with Crippen LogP contribution in [0.15, 0.2) is 42.6 Å². The summed E-state index contributed by atoms with van der Waals surface area (Å²) >= 11 is 12.2. The molecule has 2 aliphatic rings. The van der Waals surface area contributed by atoms with E-state index in [0.717, 1.165) is 38.1 Å². The summed E-state index contributed by atoms with van der Waals surface area (Å²) in [4.78, 5) is 15.6. The van der Waals surface area contributed by atoms with Crippen LogP contribution in [0.5, 0.6) is 5.75 Å². The first kappa shape index (κ1) is 23.7. The van der Waals surface area contributed by atoms with E-state index in [-0.39, 0.29) is 5.78 Å². The van der Waals surface area contributed by atoms with Crippen molar-refractivity contribution in [3.05, 3.63) is 63.8 Å². The molecule has 34 heavy (non-hydrogen) atoms. The van der Waals surface area contributed by atoms with Crippen molar-refractivity contribution in [1.82, 2.24) is 9.47 Å². The molecular weight excluding hydrogens is 467 g/mol. The van der Waals surface area contributed by atoms with E-state index >= 15 is 0 Å². The van der Waals surface area contributed by atoms with Crippen molar-refractivity contribution in [1.29, 1.82) is 0 Å². The molecule has 2 atom stereocenters. The van der Waals surface area contributed by atoms with Crippen LogP contribution < -0.4 is 4.74 Å². The molecule has 5 rings (SSSR count). The minimum atomic E-state index is 0.158. The smallest absolute Gasteiger partial charge is 0.163 e. The summed E-state index contributed by atoms with van der Waals surface area (Å²) in [5, 5.41) is 2.31. The molecule has 0 spiro atoms. The minimum absolute atomic E-state index is 0.158. The van der Waals surface area contributed by atoms with Crippen molar-refractivity contribution in [3.8, 4) is 5.75 Å². The van der Waals surface area contributed by atoms with Gasteiger partial charge in [0.1, 0.15) is 5.75 Å². The molecule has 180 valence electrons. The van der Waals surface area contributed by atoms with E-state index in [1.54, 1.807) is 25.3 Å². The maximum Gasteiger partial charge on any atom is 0.163 e. The lowest BCUT2D eigenvalue weighted by Crippen LogP contribution is -2.43. The van der Waals surface area contributed by atoms with E-state index in [9.17, 15) is 4.79 Å². The average molecular weight is 499 g/mol. The third-order valence-electron chi connectivity index (χ3n) is 7.74. The van der Waals surface area contributed by atoms with E-state index in [1.807, 2.05) is 6.07 Å². The molecule has 2 bridgehead atoms. The second-order valence-electron chi connectivity index (χ2n) is 9.96. The number of para-hydroxylation sites is 1. The third-order valence-corrected chi connectivity index (χ3v) is 8.17. The second kappa shape index (κ2) is 9.93. The molecule has 1 aromatic heterocycles. The molecule has 2 aromatic carbocycles. The topological polar surface area (TPSA) is 34.5 Å². The highest BCUT2D eigenvalue weighted by atomic mass is 35.5. The van der Waals surface area contributed by atoms with Crippen LogP contribution in [-0.4, -0.2) is 41.0 Å². The van der Waals surface area contributed by atoms with Crippen LogP contribution in [0.1, 0.15) is 54.4 Å². The van der Waals surface area contributed by atoms with Crippen molar-refractivity contribution in [3.63, 3.8) is 0 Å². The van der Waals surface area contributed by atoms with E-state index < -0.39 is 0 Å². The Hall–Kier alpha value is -2.01. The molecule has 2 unspecified atom stereocenters. The number of aromatic nitrogens is 1. The second-order valence-corrected chi connectivity index (χ2v) is 10.8. The zero-order valence-electron chi connectivity index (χ0n) is 19.9. The van der Waals surface area contributed by atoms with Crippen LogP contribution >= 0.6 is 23.2 Å². The number of hydrogen-bond donors (Lipinski definition) is 0. The predicted molar refractivity (Wildman–Crippen MR) is 139 cm³/mol. The number of methoxy groups -OCH3 is 1. The molecule has 0 aliphatic carbocycles. The first-order valence-electron chi connectivity index (χ1n) is 12.3. The Kier molecular flexibility index (Phi) is 6.92. The lowest BCUT2D eigenvalue weighted by atomic mass is 9.85. The Morgan fingerprint density at radius 1 is 1.06 bits per heavy atom. The van der Waals surface area contributed by atoms with Crippen molar-refractivity contribution in [2.45, 2.75) is 64.1 Å². The molecule has 2 aliphatic heterocycles. The summed E-state index contributed by atoms with van der Waals surface area (Å²) in [6.07, 6.45) is 8.66. The number of Topliss-reactive ketones (excluding diaryl/α,β-unsaturated/α-hetero) is 1. The number of benzene rings is 2. The Morgan fingerprint density at radius 3 is 2.44 bits per heavy atom. The van der Waals surface area contributed by atoms with Gasteiger partial charge >= 0.3 is 0 Å². The SMILES string of the molecule is COc1cccc2c(C)cn(CCCN3C4CCC3CC(CC(=O)c3cc(Cl)cc(Cl)c3)C4)c12. The van der Waals surface area contributed by atoms with E-state index in [4.69, 9.17) is 27.9 Å². The Balaban J connectivity index is 1.19. The molecule has 0 amide bonds. The summed E-state index contributed by atoms with van der Waals surface area (Å²) in [6.45, 7) is 4.26. The predicted octanol–water partition coefficient (Wildman–Crippen LogP) is 7.17. The van der Waals surface area contributed by atoms with E-state index in [0.29, 0.717) is 40.0 Å². The molecule has 6 heteroatoms. The number of ether oxygens (including phenoxy) is 1. The van der Waals surface area contributed by atoms with E-state index in [2.05, 4.69) is 34.7 Å². The number of hydrogen-bond acceptors (Lipinski definition) is 3. The van der Waals surface area contributed by atoms with E-state index in [1.165, 1.54) is 29.3 Å². The highest BCUT2D eigenvalue weighted by Crippen LogP contribution is 2.40. The van der Waals surface area contributed by atoms with Crippen molar-refractivity contribution >= 4 is 39.9 Å². The zero-order chi connectivity index (χ0) is 23.8. The maximum absolute atomic E-state index is 12.9. The van der Waals surface area contributed by atoms with Crippen LogP contribution in [0.4, 0.5) is 0 Å². The lowest BCUT2D eigenvalue weighted by Gasteiger charge is -2.39. The normalized spacial score (nSPS) is 22.4. The van der Waals surface area contributed by atoms with Crippen LogP contribution in [-0.2, 0) is 6.54 Å². The summed E-state index contributed by atoms with van der Waals surface area (Å²) in [6, 6.07) is 12.6. The van der Waals surface area contributed by atoms with Gasteiger partial charge in [0.05, 0.1) is 12.6 Å². The first-order valence-corrected chi connectivity index (χ1v) is 13.1. The summed E-state index contributed by atoms with van der Waals surface area (Å²) in [7, 11) is 1.75. The van der Waals surface area contributed by atoms with Gasteiger partial charge in [0.2, 0.25) is 0 Å². The number of halogens is 2. The van der Waals surface area contributed by atoms with Gasteiger partial charge in [-0.1, -0.05) is 35.3 Å². The van der Waals surface area contributed by atoms with Gasteiger partial charge in [-0.05, 0) is 74.8 Å². The number of piperidine rings is 1. The summed E-state index contributed by atoms with van der Waals surface area (Å²) < 4.78 is 7.99. The molecule has 4 nitrogen and oxygen atoms in total. The van der Waals surface area contributed by atoms with Crippen molar-refractivity contribution in [2.24, 2.45) is 5.92 Å². The Bertz CT molecular complexity index is 1170. The van der Waals surface area contributed by atoms with Gasteiger partial charge in [0, 0.05) is 58.8 Å². The average Bonchev–Trinajstić information content (AvgIpc) is 3.25. The monoisotopic (exact) mass is 498 g/mol. The van der Waals surface area contributed by atoms with Gasteiger partial charge in [0.25, 0.3) is 0 Å². The fourth-order valence-electron chi connectivity index (χ4n) is 6.28. The molecular formula is C28H32Cl2N2O2. The van der Waals surface area contributed by atoms with Gasteiger partial charge in [-0.2, -0.15) is 0 Å². The number of aryl methyl sites for hydroxylation is 2. The fourth-order valence-corrected chi connectivity index (χ4v) is 6.81. The zero-order valence-corrected chi connectivity index (χ0v) is 21.4. The van der Waals surface area contributed by atoms with Gasteiger partial charge in [-0.15, -0.1) is 0 Å². The number of nitrogens with zero attached hydrogens (tertiary/aromatic N) is 2.